The van der Waals surface area contributed by atoms with Crippen LogP contribution in [0.5, 0.6) is 0 Å². The van der Waals surface area contributed by atoms with Gasteiger partial charge in [0.05, 0.1) is 6.61 Å². The maximum absolute atomic E-state index is 5.12. The highest BCUT2D eigenvalue weighted by molar-refractivity contribution is 4.72. The van der Waals surface area contributed by atoms with E-state index < -0.39 is 0 Å². The second kappa shape index (κ2) is 9.13. The maximum Gasteiger partial charge on any atom is 0.0589 e. The molecular formula is C12H28N2O. The van der Waals surface area contributed by atoms with E-state index in [2.05, 4.69) is 37.9 Å². The summed E-state index contributed by atoms with van der Waals surface area (Å²) in [5.74, 6) is 0. The average Bonchev–Trinajstić information content (AvgIpc) is 2.19. The molecule has 0 rings (SSSR count). The van der Waals surface area contributed by atoms with E-state index in [0.717, 1.165) is 26.2 Å². The molecule has 92 valence electrons. The summed E-state index contributed by atoms with van der Waals surface area (Å²) < 4.78 is 5.12. The molecule has 0 aliphatic rings. The average molecular weight is 216 g/mol. The lowest BCUT2D eigenvalue weighted by atomic mass is 10.1. The summed E-state index contributed by atoms with van der Waals surface area (Å²) in [5.41, 5.74) is 0. The van der Waals surface area contributed by atoms with Gasteiger partial charge in [0.1, 0.15) is 0 Å². The van der Waals surface area contributed by atoms with Crippen molar-refractivity contribution in [3.8, 4) is 0 Å². The molecule has 0 aliphatic carbocycles. The minimum Gasteiger partial charge on any atom is -0.383 e. The first-order valence-electron chi connectivity index (χ1n) is 6.12. The molecule has 3 heteroatoms. The SMILES string of the molecule is CCNC(C)CC(C)N(CC)CCOC. The second-order valence-corrected chi connectivity index (χ2v) is 4.16. The Morgan fingerprint density at radius 1 is 1.27 bits per heavy atom. The molecule has 15 heavy (non-hydrogen) atoms. The summed E-state index contributed by atoms with van der Waals surface area (Å²) in [6.07, 6.45) is 1.20. The molecule has 2 atom stereocenters. The van der Waals surface area contributed by atoms with Crippen LogP contribution in [0.1, 0.15) is 34.1 Å². The molecule has 0 saturated carbocycles. The molecular weight excluding hydrogens is 188 g/mol. The third-order valence-electron chi connectivity index (χ3n) is 2.86. The third-order valence-corrected chi connectivity index (χ3v) is 2.86. The van der Waals surface area contributed by atoms with Crippen LogP contribution in [-0.4, -0.2) is 50.3 Å². The number of nitrogens with zero attached hydrogens (tertiary/aromatic N) is 1. The molecule has 0 aliphatic heterocycles. The summed E-state index contributed by atoms with van der Waals surface area (Å²) in [6.45, 7) is 12.9. The van der Waals surface area contributed by atoms with Crippen molar-refractivity contribution in [2.75, 3.05) is 33.4 Å². The minimum absolute atomic E-state index is 0.599. The molecule has 0 spiro atoms. The van der Waals surface area contributed by atoms with Crippen molar-refractivity contribution in [1.29, 1.82) is 0 Å². The zero-order chi connectivity index (χ0) is 11.7. The van der Waals surface area contributed by atoms with Gasteiger partial charge in [0, 0.05) is 25.7 Å². The Balaban J connectivity index is 3.85. The Kier molecular flexibility index (Phi) is 9.06. The fourth-order valence-corrected chi connectivity index (χ4v) is 1.99. The van der Waals surface area contributed by atoms with Gasteiger partial charge < -0.3 is 10.1 Å². The topological polar surface area (TPSA) is 24.5 Å². The Morgan fingerprint density at radius 3 is 2.40 bits per heavy atom. The number of hydrogen-bond acceptors (Lipinski definition) is 3. The van der Waals surface area contributed by atoms with E-state index in [4.69, 9.17) is 4.74 Å². The summed E-state index contributed by atoms with van der Waals surface area (Å²) in [6, 6.07) is 1.22. The van der Waals surface area contributed by atoms with Gasteiger partial charge >= 0.3 is 0 Å². The number of hydrogen-bond donors (Lipinski definition) is 1. The molecule has 0 bridgehead atoms. The Hall–Kier alpha value is -0.120. The molecule has 0 amide bonds. The van der Waals surface area contributed by atoms with E-state index >= 15 is 0 Å². The first-order chi connectivity index (χ1) is 7.15. The molecule has 2 unspecified atom stereocenters. The van der Waals surface area contributed by atoms with Gasteiger partial charge in [-0.3, -0.25) is 4.90 Å². The molecule has 0 aromatic rings. The molecule has 0 heterocycles. The first kappa shape index (κ1) is 14.9. The predicted molar refractivity (Wildman–Crippen MR) is 66.3 cm³/mol. The lowest BCUT2D eigenvalue weighted by molar-refractivity contribution is 0.122. The maximum atomic E-state index is 5.12. The predicted octanol–water partition coefficient (Wildman–Crippen LogP) is 1.73. The van der Waals surface area contributed by atoms with Crippen LogP contribution < -0.4 is 5.32 Å². The summed E-state index contributed by atoms with van der Waals surface area (Å²) in [4.78, 5) is 2.47. The Labute approximate surface area is 95.2 Å². The van der Waals surface area contributed by atoms with Crippen molar-refractivity contribution >= 4 is 0 Å². The van der Waals surface area contributed by atoms with E-state index in [1.807, 2.05) is 0 Å². The summed E-state index contributed by atoms with van der Waals surface area (Å²) >= 11 is 0. The number of likely N-dealkylation sites (N-methyl/N-ethyl adjacent to an activating group) is 1. The van der Waals surface area contributed by atoms with Crippen molar-refractivity contribution in [3.63, 3.8) is 0 Å². The summed E-state index contributed by atoms with van der Waals surface area (Å²) in [7, 11) is 1.76. The Morgan fingerprint density at radius 2 is 1.93 bits per heavy atom. The zero-order valence-electron chi connectivity index (χ0n) is 11.0. The highest BCUT2D eigenvalue weighted by Gasteiger charge is 2.14. The Bertz CT molecular complexity index is 142. The number of ether oxygens (including phenoxy) is 1. The monoisotopic (exact) mass is 216 g/mol. The van der Waals surface area contributed by atoms with Crippen LogP contribution in [0.25, 0.3) is 0 Å². The van der Waals surface area contributed by atoms with Crippen molar-refractivity contribution in [2.24, 2.45) is 0 Å². The van der Waals surface area contributed by atoms with Crippen LogP contribution in [0.2, 0.25) is 0 Å². The van der Waals surface area contributed by atoms with Crippen molar-refractivity contribution in [3.05, 3.63) is 0 Å². The summed E-state index contributed by atoms with van der Waals surface area (Å²) in [5, 5.41) is 3.45. The van der Waals surface area contributed by atoms with Gasteiger partial charge in [0.15, 0.2) is 0 Å². The lowest BCUT2D eigenvalue weighted by Crippen LogP contribution is -2.40. The van der Waals surface area contributed by atoms with E-state index in [1.165, 1.54) is 6.42 Å². The van der Waals surface area contributed by atoms with Gasteiger partial charge in [0.25, 0.3) is 0 Å². The van der Waals surface area contributed by atoms with Crippen molar-refractivity contribution in [1.82, 2.24) is 10.2 Å². The van der Waals surface area contributed by atoms with Gasteiger partial charge in [-0.2, -0.15) is 0 Å². The normalized spacial score (nSPS) is 15.6. The molecule has 1 N–H and O–H groups in total. The van der Waals surface area contributed by atoms with Crippen LogP contribution in [-0.2, 0) is 4.74 Å². The van der Waals surface area contributed by atoms with Crippen LogP contribution >= 0.6 is 0 Å². The molecule has 0 radical (unpaired) electrons. The molecule has 3 nitrogen and oxygen atoms in total. The lowest BCUT2D eigenvalue weighted by Gasteiger charge is -2.29. The van der Waals surface area contributed by atoms with Gasteiger partial charge in [0.2, 0.25) is 0 Å². The molecule has 0 saturated heterocycles. The molecule has 0 aromatic carbocycles. The molecule has 0 aromatic heterocycles. The number of nitrogens with one attached hydrogen (secondary N) is 1. The first-order valence-corrected chi connectivity index (χ1v) is 6.12. The van der Waals surface area contributed by atoms with Gasteiger partial charge in [-0.1, -0.05) is 13.8 Å². The van der Waals surface area contributed by atoms with E-state index in [0.29, 0.717) is 12.1 Å². The highest BCUT2D eigenvalue weighted by atomic mass is 16.5. The van der Waals surface area contributed by atoms with Crippen LogP contribution in [0.15, 0.2) is 0 Å². The number of methoxy groups -OCH3 is 1. The fourth-order valence-electron chi connectivity index (χ4n) is 1.99. The zero-order valence-corrected chi connectivity index (χ0v) is 11.0. The van der Waals surface area contributed by atoms with E-state index in [1.54, 1.807) is 7.11 Å². The quantitative estimate of drug-likeness (QED) is 0.635. The molecule has 0 fully saturated rings. The highest BCUT2D eigenvalue weighted by Crippen LogP contribution is 2.06. The van der Waals surface area contributed by atoms with Crippen LogP contribution in [0.4, 0.5) is 0 Å². The standard InChI is InChI=1S/C12H28N2O/c1-6-13-11(3)10-12(4)14(7-2)8-9-15-5/h11-13H,6-10H2,1-5H3. The van der Waals surface area contributed by atoms with Gasteiger partial charge in [-0.05, 0) is 33.4 Å². The fraction of sp³-hybridized carbons (Fsp3) is 1.00. The third kappa shape index (κ3) is 6.88. The smallest absolute Gasteiger partial charge is 0.0589 e. The second-order valence-electron chi connectivity index (χ2n) is 4.16. The van der Waals surface area contributed by atoms with E-state index in [-0.39, 0.29) is 0 Å². The van der Waals surface area contributed by atoms with Gasteiger partial charge in [-0.15, -0.1) is 0 Å². The van der Waals surface area contributed by atoms with Crippen LogP contribution in [0.3, 0.4) is 0 Å². The number of rotatable bonds is 9. The largest absolute Gasteiger partial charge is 0.383 e. The minimum atomic E-state index is 0.599. The van der Waals surface area contributed by atoms with Crippen molar-refractivity contribution in [2.45, 2.75) is 46.2 Å². The van der Waals surface area contributed by atoms with Gasteiger partial charge in [-0.25, -0.2) is 0 Å². The van der Waals surface area contributed by atoms with Crippen molar-refractivity contribution < 1.29 is 4.74 Å². The van der Waals surface area contributed by atoms with E-state index in [9.17, 15) is 0 Å². The van der Waals surface area contributed by atoms with Crippen LogP contribution in [0, 0.1) is 0 Å².